The van der Waals surface area contributed by atoms with Crippen LogP contribution >= 0.6 is 0 Å². The van der Waals surface area contributed by atoms with Crippen LogP contribution < -0.4 is 5.32 Å². The van der Waals surface area contributed by atoms with E-state index in [-0.39, 0.29) is 6.10 Å². The van der Waals surface area contributed by atoms with Crippen molar-refractivity contribution in [3.05, 3.63) is 54.4 Å². The first-order chi connectivity index (χ1) is 10.2. The maximum atomic E-state index is 9.96. The summed E-state index contributed by atoms with van der Waals surface area (Å²) in [6, 6.07) is 12.5. The second-order valence-corrected chi connectivity index (χ2v) is 5.52. The van der Waals surface area contributed by atoms with E-state index in [0.717, 1.165) is 13.0 Å². The number of rotatable bonds is 7. The molecule has 0 saturated heterocycles. The van der Waals surface area contributed by atoms with Gasteiger partial charge in [-0.15, -0.1) is 0 Å². The van der Waals surface area contributed by atoms with Crippen LogP contribution in [0.3, 0.4) is 0 Å². The number of aliphatic hydroxyl groups is 1. The van der Waals surface area contributed by atoms with Gasteiger partial charge in [0.2, 0.25) is 0 Å². The average molecular weight is 284 g/mol. The first kappa shape index (κ1) is 15.7. The zero-order valence-electron chi connectivity index (χ0n) is 12.8. The van der Waals surface area contributed by atoms with Gasteiger partial charge in [-0.2, -0.15) is 0 Å². The largest absolute Gasteiger partial charge is 0.392 e. The van der Waals surface area contributed by atoms with Crippen LogP contribution in [0.2, 0.25) is 0 Å². The van der Waals surface area contributed by atoms with Gasteiger partial charge in [-0.05, 0) is 40.8 Å². The maximum Gasteiger partial charge on any atom is 0.0690 e. The maximum absolute atomic E-state index is 9.96. The van der Waals surface area contributed by atoms with Crippen LogP contribution in [0.5, 0.6) is 0 Å². The van der Waals surface area contributed by atoms with Crippen LogP contribution in [0.15, 0.2) is 48.8 Å². The summed E-state index contributed by atoms with van der Waals surface area (Å²) in [6.07, 6.45) is 4.34. The smallest absolute Gasteiger partial charge is 0.0690 e. The Morgan fingerprint density at radius 2 is 1.90 bits per heavy atom. The Labute approximate surface area is 127 Å². The second kappa shape index (κ2) is 7.91. The molecule has 2 aromatic rings. The molecule has 0 amide bonds. The molecule has 2 N–H and O–H groups in total. The molecule has 0 aliphatic rings. The van der Waals surface area contributed by atoms with Crippen molar-refractivity contribution in [3.8, 4) is 11.1 Å². The van der Waals surface area contributed by atoms with Gasteiger partial charge in [-0.25, -0.2) is 0 Å². The lowest BCUT2D eigenvalue weighted by Gasteiger charge is -2.17. The van der Waals surface area contributed by atoms with Crippen molar-refractivity contribution in [2.75, 3.05) is 6.54 Å². The number of nitrogens with zero attached hydrogens (tertiary/aromatic N) is 1. The predicted molar refractivity (Wildman–Crippen MR) is 86.8 cm³/mol. The number of nitrogens with one attached hydrogen (secondary N) is 1. The monoisotopic (exact) mass is 284 g/mol. The molecule has 3 heteroatoms. The van der Waals surface area contributed by atoms with Crippen LogP contribution in [-0.4, -0.2) is 22.7 Å². The Kier molecular flexibility index (Phi) is 5.90. The fourth-order valence-electron chi connectivity index (χ4n) is 2.24. The highest BCUT2D eigenvalue weighted by Gasteiger charge is 2.11. The number of hydrogen-bond acceptors (Lipinski definition) is 3. The van der Waals surface area contributed by atoms with E-state index in [1.165, 1.54) is 16.7 Å². The molecule has 0 aliphatic heterocycles. The Morgan fingerprint density at radius 1 is 1.14 bits per heavy atom. The quantitative estimate of drug-likeness (QED) is 0.820. The van der Waals surface area contributed by atoms with Crippen molar-refractivity contribution < 1.29 is 5.11 Å². The third kappa shape index (κ3) is 4.66. The van der Waals surface area contributed by atoms with E-state index in [1.54, 1.807) is 0 Å². The summed E-state index contributed by atoms with van der Waals surface area (Å²) < 4.78 is 0. The molecule has 0 bridgehead atoms. The van der Waals surface area contributed by atoms with Crippen LogP contribution in [0.25, 0.3) is 11.1 Å². The molecule has 2 rings (SSSR count). The van der Waals surface area contributed by atoms with E-state index >= 15 is 0 Å². The van der Waals surface area contributed by atoms with E-state index in [1.807, 2.05) is 24.5 Å². The Bertz CT molecular complexity index is 542. The van der Waals surface area contributed by atoms with E-state index in [2.05, 4.69) is 48.4 Å². The third-order valence-electron chi connectivity index (χ3n) is 3.92. The van der Waals surface area contributed by atoms with Gasteiger partial charge >= 0.3 is 0 Å². The molecule has 0 aliphatic carbocycles. The summed E-state index contributed by atoms with van der Waals surface area (Å²) >= 11 is 0. The fraction of sp³-hybridized carbons (Fsp3) is 0.389. The topological polar surface area (TPSA) is 45.1 Å². The third-order valence-corrected chi connectivity index (χ3v) is 3.92. The van der Waals surface area contributed by atoms with E-state index in [9.17, 15) is 5.11 Å². The van der Waals surface area contributed by atoms with Crippen molar-refractivity contribution in [2.24, 2.45) is 5.92 Å². The minimum atomic E-state index is -0.279. The molecule has 0 fully saturated rings. The molecule has 1 aromatic carbocycles. The molecule has 0 saturated carbocycles. The highest BCUT2D eigenvalue weighted by Crippen LogP contribution is 2.19. The van der Waals surface area contributed by atoms with Gasteiger partial charge < -0.3 is 10.4 Å². The van der Waals surface area contributed by atoms with Crippen molar-refractivity contribution in [2.45, 2.75) is 32.9 Å². The van der Waals surface area contributed by atoms with E-state index < -0.39 is 0 Å². The van der Waals surface area contributed by atoms with Crippen molar-refractivity contribution in [1.29, 1.82) is 0 Å². The lowest BCUT2D eigenvalue weighted by Crippen LogP contribution is -2.31. The molecule has 1 aromatic heterocycles. The number of pyridine rings is 1. The van der Waals surface area contributed by atoms with Crippen molar-refractivity contribution in [3.63, 3.8) is 0 Å². The summed E-state index contributed by atoms with van der Waals surface area (Å²) in [5, 5.41) is 13.3. The Hall–Kier alpha value is -1.71. The Morgan fingerprint density at radius 3 is 2.62 bits per heavy atom. The van der Waals surface area contributed by atoms with E-state index in [0.29, 0.717) is 12.5 Å². The van der Waals surface area contributed by atoms with Gasteiger partial charge in [0, 0.05) is 25.5 Å². The molecule has 0 radical (unpaired) electrons. The standard InChI is InChI=1S/C18H24N2O/c1-3-14(2)18(21)13-20-12-15-5-4-6-17(11-15)16-7-9-19-10-8-16/h4-11,14,18,20-21H,3,12-13H2,1-2H3. The molecule has 21 heavy (non-hydrogen) atoms. The number of hydrogen-bond donors (Lipinski definition) is 2. The first-order valence-electron chi connectivity index (χ1n) is 7.58. The Balaban J connectivity index is 1.93. The summed E-state index contributed by atoms with van der Waals surface area (Å²) in [5.74, 6) is 0.334. The van der Waals surface area contributed by atoms with Gasteiger partial charge in [0.15, 0.2) is 0 Å². The summed E-state index contributed by atoms with van der Waals surface area (Å²) in [4.78, 5) is 4.05. The normalized spacial score (nSPS) is 13.9. The van der Waals surface area contributed by atoms with Gasteiger partial charge in [0.1, 0.15) is 0 Å². The van der Waals surface area contributed by atoms with Gasteiger partial charge in [-0.1, -0.05) is 38.5 Å². The molecule has 0 spiro atoms. The molecule has 2 atom stereocenters. The molecular formula is C18H24N2O. The number of benzene rings is 1. The molecular weight excluding hydrogens is 260 g/mol. The van der Waals surface area contributed by atoms with Crippen LogP contribution in [-0.2, 0) is 6.54 Å². The minimum absolute atomic E-state index is 0.279. The van der Waals surface area contributed by atoms with Crippen molar-refractivity contribution in [1.82, 2.24) is 10.3 Å². The summed E-state index contributed by atoms with van der Waals surface area (Å²) in [5.41, 5.74) is 3.59. The lowest BCUT2D eigenvalue weighted by molar-refractivity contribution is 0.113. The van der Waals surface area contributed by atoms with E-state index in [4.69, 9.17) is 0 Å². The highest BCUT2D eigenvalue weighted by molar-refractivity contribution is 5.63. The summed E-state index contributed by atoms with van der Waals surface area (Å²) in [6.45, 7) is 5.59. The van der Waals surface area contributed by atoms with Crippen LogP contribution in [0.4, 0.5) is 0 Å². The molecule has 2 unspecified atom stereocenters. The van der Waals surface area contributed by atoms with Crippen LogP contribution in [0.1, 0.15) is 25.8 Å². The predicted octanol–water partition coefficient (Wildman–Crippen LogP) is 3.25. The van der Waals surface area contributed by atoms with Gasteiger partial charge in [-0.3, -0.25) is 4.98 Å². The zero-order chi connectivity index (χ0) is 15.1. The molecule has 112 valence electrons. The van der Waals surface area contributed by atoms with Crippen LogP contribution in [0, 0.1) is 5.92 Å². The fourth-order valence-corrected chi connectivity index (χ4v) is 2.24. The summed E-state index contributed by atoms with van der Waals surface area (Å²) in [7, 11) is 0. The second-order valence-electron chi connectivity index (χ2n) is 5.52. The minimum Gasteiger partial charge on any atom is -0.392 e. The molecule has 3 nitrogen and oxygen atoms in total. The van der Waals surface area contributed by atoms with Crippen molar-refractivity contribution >= 4 is 0 Å². The zero-order valence-corrected chi connectivity index (χ0v) is 12.8. The molecule has 1 heterocycles. The highest BCUT2D eigenvalue weighted by atomic mass is 16.3. The number of aromatic nitrogens is 1. The SMILES string of the molecule is CCC(C)C(O)CNCc1cccc(-c2ccncc2)c1. The average Bonchev–Trinajstić information content (AvgIpc) is 2.55. The van der Waals surface area contributed by atoms with Gasteiger partial charge in [0.25, 0.3) is 0 Å². The van der Waals surface area contributed by atoms with Gasteiger partial charge in [0.05, 0.1) is 6.10 Å². The first-order valence-corrected chi connectivity index (χ1v) is 7.58. The lowest BCUT2D eigenvalue weighted by atomic mass is 10.0. The number of aliphatic hydroxyl groups excluding tert-OH is 1.